The largest absolute Gasteiger partial charge is 0.207 e. The van der Waals surface area contributed by atoms with E-state index in [9.17, 15) is 4.39 Å². The second-order valence-electron chi connectivity index (χ2n) is 3.26. The third kappa shape index (κ3) is 3.41. The van der Waals surface area contributed by atoms with Gasteiger partial charge in [0.25, 0.3) is 0 Å². The second-order valence-corrected chi connectivity index (χ2v) is 3.26. The van der Waals surface area contributed by atoms with E-state index in [2.05, 4.69) is 19.9 Å². The monoisotopic (exact) mass is 178 g/mol. The Balaban J connectivity index is 2.64. The van der Waals surface area contributed by atoms with Crippen molar-refractivity contribution >= 4 is 0 Å². The van der Waals surface area contributed by atoms with Gasteiger partial charge in [0.05, 0.1) is 0 Å². The van der Waals surface area contributed by atoms with Gasteiger partial charge in [-0.25, -0.2) is 4.39 Å². The highest BCUT2D eigenvalue weighted by Gasteiger charge is 1.94. The summed E-state index contributed by atoms with van der Waals surface area (Å²) in [4.78, 5) is 0. The summed E-state index contributed by atoms with van der Waals surface area (Å²) in [6.07, 6.45) is 4.19. The van der Waals surface area contributed by atoms with Gasteiger partial charge in [-0.1, -0.05) is 30.7 Å². The third-order valence-corrected chi connectivity index (χ3v) is 1.95. The van der Waals surface area contributed by atoms with Crippen LogP contribution >= 0.6 is 0 Å². The van der Waals surface area contributed by atoms with E-state index in [0.717, 1.165) is 12.8 Å². The minimum atomic E-state index is -0.166. The van der Waals surface area contributed by atoms with Crippen LogP contribution in [-0.2, 0) is 6.42 Å². The summed E-state index contributed by atoms with van der Waals surface area (Å²) in [5.41, 5.74) is 2.51. The fourth-order valence-corrected chi connectivity index (χ4v) is 1.34. The topological polar surface area (TPSA) is 0 Å². The molecule has 1 aromatic rings. The highest BCUT2D eigenvalue weighted by atomic mass is 19.1. The van der Waals surface area contributed by atoms with Crippen molar-refractivity contribution < 1.29 is 4.39 Å². The van der Waals surface area contributed by atoms with Crippen molar-refractivity contribution in [3.63, 3.8) is 0 Å². The predicted octanol–water partition coefficient (Wildman–Crippen LogP) is 3.72. The van der Waals surface area contributed by atoms with Gasteiger partial charge in [-0.2, -0.15) is 0 Å². The summed E-state index contributed by atoms with van der Waals surface area (Å²) in [7, 11) is 0. The minimum Gasteiger partial charge on any atom is -0.207 e. The summed E-state index contributed by atoms with van der Waals surface area (Å²) >= 11 is 0. The molecule has 0 aliphatic heterocycles. The molecule has 0 N–H and O–H groups in total. The highest BCUT2D eigenvalue weighted by molar-refractivity contribution is 5.21. The quantitative estimate of drug-likeness (QED) is 0.619. The standard InChI is InChI=1S/C12H15F/c1-3-4-10(2)9-11-5-7-12(13)8-6-11/h4-8H,3,9H2,1-2H3/b10-4+. The SMILES string of the molecule is CC/C=C(\C)Cc1ccc(F)cc1. The van der Waals surface area contributed by atoms with Gasteiger partial charge < -0.3 is 0 Å². The zero-order valence-corrected chi connectivity index (χ0v) is 8.18. The van der Waals surface area contributed by atoms with E-state index in [0.29, 0.717) is 0 Å². The number of halogens is 1. The molecule has 0 bridgehead atoms. The number of hydrogen-bond acceptors (Lipinski definition) is 0. The molecule has 0 nitrogen and oxygen atoms in total. The molecule has 0 amide bonds. The first-order chi connectivity index (χ1) is 6.22. The molecule has 0 saturated heterocycles. The van der Waals surface area contributed by atoms with Gasteiger partial charge >= 0.3 is 0 Å². The van der Waals surface area contributed by atoms with Crippen molar-refractivity contribution in [2.45, 2.75) is 26.7 Å². The van der Waals surface area contributed by atoms with Crippen LogP contribution in [0.3, 0.4) is 0 Å². The van der Waals surface area contributed by atoms with Gasteiger partial charge in [0.1, 0.15) is 5.82 Å². The molecule has 70 valence electrons. The molecule has 1 aromatic carbocycles. The van der Waals surface area contributed by atoms with Crippen molar-refractivity contribution in [2.24, 2.45) is 0 Å². The van der Waals surface area contributed by atoms with Crippen LogP contribution < -0.4 is 0 Å². The summed E-state index contributed by atoms with van der Waals surface area (Å²) in [6.45, 7) is 4.22. The van der Waals surface area contributed by atoms with E-state index in [4.69, 9.17) is 0 Å². The van der Waals surface area contributed by atoms with E-state index < -0.39 is 0 Å². The van der Waals surface area contributed by atoms with Crippen molar-refractivity contribution in [2.75, 3.05) is 0 Å². The van der Waals surface area contributed by atoms with Crippen molar-refractivity contribution in [3.8, 4) is 0 Å². The molecule has 0 unspecified atom stereocenters. The Kier molecular flexibility index (Phi) is 3.69. The Labute approximate surface area is 79.1 Å². The van der Waals surface area contributed by atoms with Crippen LogP contribution in [0.5, 0.6) is 0 Å². The maximum absolute atomic E-state index is 12.6. The Hall–Kier alpha value is -1.11. The average molecular weight is 178 g/mol. The van der Waals surface area contributed by atoms with Crippen molar-refractivity contribution in [1.82, 2.24) is 0 Å². The molecule has 0 atom stereocenters. The minimum absolute atomic E-state index is 0.166. The van der Waals surface area contributed by atoms with E-state index >= 15 is 0 Å². The lowest BCUT2D eigenvalue weighted by Gasteiger charge is -2.00. The molecule has 0 heterocycles. The second kappa shape index (κ2) is 4.80. The van der Waals surface area contributed by atoms with Crippen molar-refractivity contribution in [1.29, 1.82) is 0 Å². The number of rotatable bonds is 3. The molecule has 0 aliphatic carbocycles. The molecule has 1 heteroatoms. The third-order valence-electron chi connectivity index (χ3n) is 1.95. The fourth-order valence-electron chi connectivity index (χ4n) is 1.34. The van der Waals surface area contributed by atoms with Crippen LogP contribution in [0.25, 0.3) is 0 Å². The molecular weight excluding hydrogens is 163 g/mol. The number of allylic oxidation sites excluding steroid dienone is 2. The van der Waals surface area contributed by atoms with Gasteiger partial charge in [0.2, 0.25) is 0 Å². The van der Waals surface area contributed by atoms with Crippen molar-refractivity contribution in [3.05, 3.63) is 47.3 Å². The van der Waals surface area contributed by atoms with E-state index in [1.165, 1.54) is 23.3 Å². The highest BCUT2D eigenvalue weighted by Crippen LogP contribution is 2.09. The zero-order chi connectivity index (χ0) is 9.68. The molecule has 0 spiro atoms. The van der Waals surface area contributed by atoms with Gasteiger partial charge in [-0.15, -0.1) is 0 Å². The summed E-state index contributed by atoms with van der Waals surface area (Å²) < 4.78 is 12.6. The van der Waals surface area contributed by atoms with Crippen LogP contribution in [0.15, 0.2) is 35.9 Å². The van der Waals surface area contributed by atoms with Crippen LogP contribution in [0.4, 0.5) is 4.39 Å². The van der Waals surface area contributed by atoms with Crippen LogP contribution in [-0.4, -0.2) is 0 Å². The average Bonchev–Trinajstić information content (AvgIpc) is 2.09. The van der Waals surface area contributed by atoms with E-state index in [-0.39, 0.29) is 5.82 Å². The Morgan fingerprint density at radius 3 is 2.46 bits per heavy atom. The lowest BCUT2D eigenvalue weighted by molar-refractivity contribution is 0.627. The Bertz CT molecular complexity index is 282. The maximum Gasteiger partial charge on any atom is 0.123 e. The molecule has 13 heavy (non-hydrogen) atoms. The van der Waals surface area contributed by atoms with E-state index in [1.807, 2.05) is 12.1 Å². The molecule has 0 aromatic heterocycles. The van der Waals surface area contributed by atoms with Crippen LogP contribution in [0.2, 0.25) is 0 Å². The summed E-state index contributed by atoms with van der Waals surface area (Å²) in [5, 5.41) is 0. The normalized spacial score (nSPS) is 11.8. The fraction of sp³-hybridized carbons (Fsp3) is 0.333. The molecule has 0 saturated carbocycles. The van der Waals surface area contributed by atoms with Gasteiger partial charge in [-0.3, -0.25) is 0 Å². The molecule has 1 rings (SSSR count). The maximum atomic E-state index is 12.6. The summed E-state index contributed by atoms with van der Waals surface area (Å²) in [6, 6.07) is 6.69. The number of benzene rings is 1. The molecule has 0 fully saturated rings. The Morgan fingerprint density at radius 2 is 1.92 bits per heavy atom. The smallest absolute Gasteiger partial charge is 0.123 e. The first-order valence-corrected chi connectivity index (χ1v) is 4.62. The van der Waals surface area contributed by atoms with Gasteiger partial charge in [-0.05, 0) is 37.5 Å². The first-order valence-electron chi connectivity index (χ1n) is 4.62. The van der Waals surface area contributed by atoms with Gasteiger partial charge in [0.15, 0.2) is 0 Å². The summed E-state index contributed by atoms with van der Waals surface area (Å²) in [5.74, 6) is -0.166. The van der Waals surface area contributed by atoms with E-state index in [1.54, 1.807) is 0 Å². The number of hydrogen-bond donors (Lipinski definition) is 0. The Morgan fingerprint density at radius 1 is 1.31 bits per heavy atom. The lowest BCUT2D eigenvalue weighted by atomic mass is 10.1. The zero-order valence-electron chi connectivity index (χ0n) is 8.18. The molecule has 0 radical (unpaired) electrons. The molecular formula is C12H15F. The molecule has 0 aliphatic rings. The van der Waals surface area contributed by atoms with Gasteiger partial charge in [0, 0.05) is 0 Å². The van der Waals surface area contributed by atoms with Crippen LogP contribution in [0, 0.1) is 5.82 Å². The first kappa shape index (κ1) is 9.97. The predicted molar refractivity (Wildman–Crippen MR) is 54.2 cm³/mol. The van der Waals surface area contributed by atoms with Crippen LogP contribution in [0.1, 0.15) is 25.8 Å². The lowest BCUT2D eigenvalue weighted by Crippen LogP contribution is -1.86.